The van der Waals surface area contributed by atoms with Gasteiger partial charge in [0, 0.05) is 10.4 Å². The molecule has 0 spiro atoms. The Morgan fingerprint density at radius 1 is 1.09 bits per heavy atom. The van der Waals surface area contributed by atoms with Gasteiger partial charge in [-0.15, -0.1) is 16.4 Å². The lowest BCUT2D eigenvalue weighted by Gasteiger charge is -2.06. The third kappa shape index (κ3) is 4.14. The van der Waals surface area contributed by atoms with Crippen LogP contribution in [0.15, 0.2) is 58.5 Å². The average Bonchev–Trinajstić information content (AvgIpc) is 3.42. The third-order valence-corrected chi connectivity index (χ3v) is 7.15. The summed E-state index contributed by atoms with van der Waals surface area (Å²) in [5.41, 5.74) is 3.84. The van der Waals surface area contributed by atoms with E-state index in [1.54, 1.807) is 11.8 Å². The molecule has 3 aromatic heterocycles. The van der Waals surface area contributed by atoms with Gasteiger partial charge in [0.05, 0.1) is 23.9 Å². The maximum absolute atomic E-state index is 13.0. The largest absolute Gasteiger partial charge is 0.497 e. The number of methoxy groups -OCH3 is 1. The van der Waals surface area contributed by atoms with Crippen molar-refractivity contribution >= 4 is 33.3 Å². The first-order chi connectivity index (χ1) is 16.0. The second kappa shape index (κ2) is 8.80. The van der Waals surface area contributed by atoms with Gasteiger partial charge < -0.3 is 9.72 Å². The second-order valence-corrected chi connectivity index (χ2v) is 9.60. The van der Waals surface area contributed by atoms with Gasteiger partial charge in [0.25, 0.3) is 5.56 Å². The Hall–Kier alpha value is -3.50. The van der Waals surface area contributed by atoms with E-state index in [-0.39, 0.29) is 5.56 Å². The van der Waals surface area contributed by atoms with Crippen molar-refractivity contribution in [1.82, 2.24) is 30.2 Å². The number of thioether (sulfide) groups is 1. The number of hydrogen-bond donors (Lipinski definition) is 1. The van der Waals surface area contributed by atoms with Crippen LogP contribution in [0.25, 0.3) is 27.0 Å². The summed E-state index contributed by atoms with van der Waals surface area (Å²) in [4.78, 5) is 22.5. The number of hydrogen-bond acceptors (Lipinski definition) is 8. The molecule has 5 aromatic rings. The molecule has 0 saturated carbocycles. The van der Waals surface area contributed by atoms with E-state index in [0.29, 0.717) is 22.1 Å². The first-order valence-electron chi connectivity index (χ1n) is 10.2. The van der Waals surface area contributed by atoms with Gasteiger partial charge >= 0.3 is 0 Å². The molecule has 0 bridgehead atoms. The molecule has 0 aliphatic heterocycles. The van der Waals surface area contributed by atoms with Crippen LogP contribution in [0.5, 0.6) is 5.75 Å². The standard InChI is InChI=1S/C23H20N6O2S2/c1-13-4-6-15(7-5-13)19-14(2)33-22-20(19)21(30)24-18(25-22)12-32-23-26-27-28-29(23)16-8-10-17(31-3)11-9-16/h4-11H,12H2,1-3H3,(H,24,25,30). The lowest BCUT2D eigenvalue weighted by molar-refractivity contribution is 0.414. The van der Waals surface area contributed by atoms with E-state index in [1.807, 2.05) is 50.2 Å². The molecule has 0 aliphatic carbocycles. The molecule has 166 valence electrons. The number of fused-ring (bicyclic) bond motifs is 1. The molecule has 0 unspecified atom stereocenters. The van der Waals surface area contributed by atoms with Gasteiger partial charge in [-0.25, -0.2) is 4.98 Å². The van der Waals surface area contributed by atoms with E-state index >= 15 is 0 Å². The molecule has 0 radical (unpaired) electrons. The highest BCUT2D eigenvalue weighted by Gasteiger charge is 2.17. The number of benzene rings is 2. The lowest BCUT2D eigenvalue weighted by Crippen LogP contribution is -2.11. The van der Waals surface area contributed by atoms with Crippen molar-refractivity contribution in [2.24, 2.45) is 0 Å². The minimum absolute atomic E-state index is 0.134. The summed E-state index contributed by atoms with van der Waals surface area (Å²) in [6.45, 7) is 4.07. The van der Waals surface area contributed by atoms with Gasteiger partial charge in [-0.2, -0.15) is 4.68 Å². The van der Waals surface area contributed by atoms with Crippen molar-refractivity contribution in [3.63, 3.8) is 0 Å². The predicted octanol–water partition coefficient (Wildman–Crippen LogP) is 4.55. The third-order valence-electron chi connectivity index (χ3n) is 5.22. The highest BCUT2D eigenvalue weighted by atomic mass is 32.2. The summed E-state index contributed by atoms with van der Waals surface area (Å²) < 4.78 is 6.85. The minimum Gasteiger partial charge on any atom is -0.497 e. The molecule has 0 amide bonds. The van der Waals surface area contributed by atoms with E-state index in [9.17, 15) is 4.79 Å². The normalized spacial score (nSPS) is 11.2. The molecule has 3 heterocycles. The fourth-order valence-electron chi connectivity index (χ4n) is 3.59. The van der Waals surface area contributed by atoms with E-state index in [4.69, 9.17) is 9.72 Å². The maximum Gasteiger partial charge on any atom is 0.260 e. The number of thiophene rings is 1. The molecule has 1 N–H and O–H groups in total. The minimum atomic E-state index is -0.134. The van der Waals surface area contributed by atoms with Crippen LogP contribution in [0.2, 0.25) is 0 Å². The number of tetrazole rings is 1. The smallest absolute Gasteiger partial charge is 0.260 e. The SMILES string of the molecule is COc1ccc(-n2nnnc2SCc2nc3sc(C)c(-c4ccc(C)cc4)c3c(=O)[nH]2)cc1. The van der Waals surface area contributed by atoms with Gasteiger partial charge in [-0.1, -0.05) is 41.6 Å². The van der Waals surface area contributed by atoms with Crippen LogP contribution < -0.4 is 10.3 Å². The average molecular weight is 477 g/mol. The fraction of sp³-hybridized carbons (Fsp3) is 0.174. The van der Waals surface area contributed by atoms with Gasteiger partial charge in [0.1, 0.15) is 16.4 Å². The highest BCUT2D eigenvalue weighted by molar-refractivity contribution is 7.98. The van der Waals surface area contributed by atoms with Crippen LogP contribution >= 0.6 is 23.1 Å². The van der Waals surface area contributed by atoms with Crippen LogP contribution in [0, 0.1) is 13.8 Å². The molecule has 10 heteroatoms. The molecule has 0 atom stereocenters. The van der Waals surface area contributed by atoms with Gasteiger partial charge in [0.2, 0.25) is 5.16 Å². The first kappa shape index (κ1) is 21.4. The maximum atomic E-state index is 13.0. The molecular formula is C23H20N6O2S2. The van der Waals surface area contributed by atoms with Gasteiger partial charge in [-0.05, 0) is 54.1 Å². The molecule has 0 fully saturated rings. The number of nitrogens with one attached hydrogen (secondary N) is 1. The van der Waals surface area contributed by atoms with Crippen molar-refractivity contribution in [3.05, 3.63) is 75.1 Å². The zero-order valence-corrected chi connectivity index (χ0v) is 19.8. The van der Waals surface area contributed by atoms with Crippen LogP contribution in [0.3, 0.4) is 0 Å². The molecule has 8 nitrogen and oxygen atoms in total. The highest BCUT2D eigenvalue weighted by Crippen LogP contribution is 2.36. The van der Waals surface area contributed by atoms with Gasteiger partial charge in [-0.3, -0.25) is 4.79 Å². The monoisotopic (exact) mass is 476 g/mol. The Balaban J connectivity index is 1.43. The molecule has 33 heavy (non-hydrogen) atoms. The zero-order chi connectivity index (χ0) is 22.9. The number of aryl methyl sites for hydroxylation is 2. The van der Waals surface area contributed by atoms with Crippen molar-refractivity contribution in [3.8, 4) is 22.6 Å². The first-order valence-corrected chi connectivity index (χ1v) is 12.0. The molecular weight excluding hydrogens is 456 g/mol. The predicted molar refractivity (Wildman–Crippen MR) is 130 cm³/mol. The van der Waals surface area contributed by atoms with E-state index in [1.165, 1.54) is 28.7 Å². The van der Waals surface area contributed by atoms with E-state index in [0.717, 1.165) is 32.3 Å². The summed E-state index contributed by atoms with van der Waals surface area (Å²) in [5.74, 6) is 1.77. The van der Waals surface area contributed by atoms with Gasteiger partial charge in [0.15, 0.2) is 0 Å². The summed E-state index contributed by atoms with van der Waals surface area (Å²) in [6, 6.07) is 15.7. The summed E-state index contributed by atoms with van der Waals surface area (Å²) in [7, 11) is 1.62. The van der Waals surface area contributed by atoms with Crippen LogP contribution in [0.4, 0.5) is 0 Å². The number of nitrogens with zero attached hydrogens (tertiary/aromatic N) is 5. The Morgan fingerprint density at radius 3 is 2.58 bits per heavy atom. The number of H-pyrrole nitrogens is 1. The quantitative estimate of drug-likeness (QED) is 0.359. The van der Waals surface area contributed by atoms with Crippen LogP contribution in [-0.4, -0.2) is 37.3 Å². The Labute approximate surface area is 197 Å². The molecule has 2 aromatic carbocycles. The number of rotatable bonds is 6. The van der Waals surface area contributed by atoms with Crippen molar-refractivity contribution < 1.29 is 4.74 Å². The summed E-state index contributed by atoms with van der Waals surface area (Å²) in [5, 5.41) is 13.2. The van der Waals surface area contributed by atoms with Crippen molar-refractivity contribution in [1.29, 1.82) is 0 Å². The summed E-state index contributed by atoms with van der Waals surface area (Å²) >= 11 is 2.94. The Kier molecular flexibility index (Phi) is 5.69. The Morgan fingerprint density at radius 2 is 1.85 bits per heavy atom. The topological polar surface area (TPSA) is 98.6 Å². The van der Waals surface area contributed by atoms with Crippen LogP contribution in [-0.2, 0) is 5.75 Å². The molecule has 0 aliphatic rings. The Bertz CT molecular complexity index is 1490. The molecule has 0 saturated heterocycles. The van der Waals surface area contributed by atoms with Crippen molar-refractivity contribution in [2.75, 3.05) is 7.11 Å². The fourth-order valence-corrected chi connectivity index (χ4v) is 5.41. The lowest BCUT2D eigenvalue weighted by atomic mass is 10.0. The number of ether oxygens (including phenoxy) is 1. The second-order valence-electron chi connectivity index (χ2n) is 7.45. The van der Waals surface area contributed by atoms with E-state index in [2.05, 4.69) is 32.6 Å². The number of aromatic amines is 1. The van der Waals surface area contributed by atoms with Crippen LogP contribution in [0.1, 0.15) is 16.3 Å². The zero-order valence-electron chi connectivity index (χ0n) is 18.2. The molecule has 5 rings (SSSR count). The van der Waals surface area contributed by atoms with E-state index < -0.39 is 0 Å². The number of aromatic nitrogens is 6. The summed E-state index contributed by atoms with van der Waals surface area (Å²) in [6.07, 6.45) is 0. The van der Waals surface area contributed by atoms with Crippen molar-refractivity contribution in [2.45, 2.75) is 24.8 Å².